The van der Waals surface area contributed by atoms with Crippen molar-refractivity contribution in [2.45, 2.75) is 89.3 Å². The van der Waals surface area contributed by atoms with Crippen molar-refractivity contribution >= 4 is 64.5 Å². The third-order valence-electron chi connectivity index (χ3n) is 12.6. The van der Waals surface area contributed by atoms with Crippen LogP contribution in [0.5, 0.6) is 11.5 Å². The summed E-state index contributed by atoms with van der Waals surface area (Å²) in [6.45, 7) is 4.07. The number of anilines is 1. The maximum atomic E-state index is 14.2. The van der Waals surface area contributed by atoms with Gasteiger partial charge in [-0.1, -0.05) is 48.5 Å². The molecule has 16 nitrogen and oxygen atoms in total. The van der Waals surface area contributed by atoms with E-state index in [9.17, 15) is 33.2 Å². The molecule has 1 unspecified atom stereocenters. The predicted octanol–water partition coefficient (Wildman–Crippen LogP) is 6.56. The summed E-state index contributed by atoms with van der Waals surface area (Å²) in [7, 11) is 0. The first-order valence-corrected chi connectivity index (χ1v) is 22.7. The number of rotatable bonds is 16. The summed E-state index contributed by atoms with van der Waals surface area (Å²) in [5.74, 6) is -2.22. The minimum atomic E-state index is -1.04. The molecule has 6 heterocycles. The van der Waals surface area contributed by atoms with Crippen LogP contribution in [-0.2, 0) is 19.2 Å². The van der Waals surface area contributed by atoms with Gasteiger partial charge in [0.2, 0.25) is 23.6 Å². The lowest BCUT2D eigenvalue weighted by molar-refractivity contribution is -0.149. The molecular formula is C46H49Cl2FN8O8. The molecule has 3 saturated heterocycles. The van der Waals surface area contributed by atoms with E-state index in [0.29, 0.717) is 51.2 Å². The summed E-state index contributed by atoms with van der Waals surface area (Å²) in [6.07, 6.45) is 10.6. The summed E-state index contributed by atoms with van der Waals surface area (Å²) in [4.78, 5) is 85.4. The Labute approximate surface area is 384 Å². The minimum Gasteiger partial charge on any atom is -0.493 e. The number of carbonyl (C=O) groups excluding carboxylic acids is 6. The van der Waals surface area contributed by atoms with E-state index in [-0.39, 0.29) is 75.1 Å². The third kappa shape index (κ3) is 9.66. The highest BCUT2D eigenvalue weighted by atomic mass is 35.5. The Morgan fingerprint density at radius 2 is 1.68 bits per heavy atom. The monoisotopic (exact) mass is 930 g/mol. The number of likely N-dealkylation sites (tertiary alicyclic amines) is 2. The molecule has 65 heavy (non-hydrogen) atoms. The van der Waals surface area contributed by atoms with E-state index in [4.69, 9.17) is 38.4 Å². The van der Waals surface area contributed by atoms with E-state index in [1.807, 2.05) is 15.8 Å². The lowest BCUT2D eigenvalue weighted by Gasteiger charge is -2.42. The van der Waals surface area contributed by atoms with Gasteiger partial charge in [-0.2, -0.15) is 5.10 Å². The van der Waals surface area contributed by atoms with Crippen molar-refractivity contribution in [3.63, 3.8) is 0 Å². The van der Waals surface area contributed by atoms with Gasteiger partial charge in [0.05, 0.1) is 40.9 Å². The number of aromatic nitrogens is 3. The van der Waals surface area contributed by atoms with Crippen molar-refractivity contribution in [1.29, 1.82) is 0 Å². The molecule has 4 aliphatic rings. The van der Waals surface area contributed by atoms with Gasteiger partial charge < -0.3 is 25.0 Å². The first-order valence-electron chi connectivity index (χ1n) is 21.9. The highest BCUT2D eigenvalue weighted by molar-refractivity contribution is 6.36. The third-order valence-corrected chi connectivity index (χ3v) is 13.3. The highest BCUT2D eigenvalue weighted by Gasteiger charge is 2.46. The van der Waals surface area contributed by atoms with Crippen molar-refractivity contribution < 1.29 is 42.6 Å². The zero-order valence-corrected chi connectivity index (χ0v) is 37.3. The summed E-state index contributed by atoms with van der Waals surface area (Å²) < 4.78 is 28.1. The van der Waals surface area contributed by atoms with Crippen LogP contribution < -0.4 is 20.5 Å². The van der Waals surface area contributed by atoms with Crippen LogP contribution in [0.1, 0.15) is 110 Å². The van der Waals surface area contributed by atoms with Crippen LogP contribution in [0.2, 0.25) is 10.0 Å². The molecule has 3 fully saturated rings. The van der Waals surface area contributed by atoms with Crippen LogP contribution in [-0.4, -0.2) is 104 Å². The number of carbonyl (C=O) groups is 6. The first-order chi connectivity index (χ1) is 31.3. The number of fused-ring (bicyclic) bond motifs is 1. The largest absolute Gasteiger partial charge is 0.493 e. The topological polar surface area (TPSA) is 199 Å². The van der Waals surface area contributed by atoms with Gasteiger partial charge in [-0.25, -0.2) is 9.37 Å². The molecule has 0 aliphatic carbocycles. The molecule has 6 amide bonds. The number of benzene rings is 2. The SMILES string of the molecule is C[C@@H](Oc1cc(-c2cnn(C3CCN(C(=O)C4CN(C(=O)CCCCCCCOc5cccc6c5C(=O)N(C5CCC(=O)NC5=O)C6=O)C4)CC3)c2)cnc1N)c1c(Cl)ccc(F)c1Cl. The average Bonchev–Trinajstić information content (AvgIpc) is 3.86. The lowest BCUT2D eigenvalue weighted by Crippen LogP contribution is -2.57. The smallest absolute Gasteiger partial charge is 0.266 e. The quantitative estimate of drug-likeness (QED) is 0.0701. The van der Waals surface area contributed by atoms with Crippen LogP contribution in [0.4, 0.5) is 10.2 Å². The molecule has 4 aromatic rings. The van der Waals surface area contributed by atoms with E-state index in [0.717, 1.165) is 54.6 Å². The Kier molecular flexibility index (Phi) is 13.7. The van der Waals surface area contributed by atoms with Crippen LogP contribution in [0, 0.1) is 11.7 Å². The summed E-state index contributed by atoms with van der Waals surface area (Å²) >= 11 is 12.5. The summed E-state index contributed by atoms with van der Waals surface area (Å²) in [6, 6.07) is 8.20. The molecule has 2 aromatic heterocycles. The predicted molar refractivity (Wildman–Crippen MR) is 237 cm³/mol. The van der Waals surface area contributed by atoms with Crippen molar-refractivity contribution in [2.75, 3.05) is 38.5 Å². The number of nitrogens with zero attached hydrogens (tertiary/aromatic N) is 6. The van der Waals surface area contributed by atoms with Gasteiger partial charge in [-0.05, 0) is 69.4 Å². The van der Waals surface area contributed by atoms with Crippen LogP contribution in [0.15, 0.2) is 55.0 Å². The van der Waals surface area contributed by atoms with Gasteiger partial charge in [-0.3, -0.25) is 43.7 Å². The molecule has 8 rings (SSSR count). The van der Waals surface area contributed by atoms with Crippen LogP contribution in [0.25, 0.3) is 11.1 Å². The number of halogens is 3. The van der Waals surface area contributed by atoms with Crippen molar-refractivity contribution in [3.8, 4) is 22.6 Å². The number of hydrogen-bond donors (Lipinski definition) is 2. The Balaban J connectivity index is 0.713. The van der Waals surface area contributed by atoms with E-state index in [2.05, 4.69) is 15.4 Å². The molecule has 19 heteroatoms. The zero-order valence-electron chi connectivity index (χ0n) is 35.8. The molecule has 3 N–H and O–H groups in total. The second-order valence-corrected chi connectivity index (χ2v) is 17.7. The number of amides is 6. The van der Waals surface area contributed by atoms with Gasteiger partial charge >= 0.3 is 0 Å². The maximum absolute atomic E-state index is 14.2. The fraction of sp³-hybridized carbons (Fsp3) is 0.435. The molecule has 2 aromatic carbocycles. The van der Waals surface area contributed by atoms with Crippen LogP contribution >= 0.6 is 23.2 Å². The highest BCUT2D eigenvalue weighted by Crippen LogP contribution is 2.38. The van der Waals surface area contributed by atoms with Gasteiger partial charge in [0, 0.05) is 73.1 Å². The normalized spacial score (nSPS) is 18.4. The van der Waals surface area contributed by atoms with Gasteiger partial charge in [0.25, 0.3) is 11.8 Å². The van der Waals surface area contributed by atoms with E-state index >= 15 is 0 Å². The van der Waals surface area contributed by atoms with E-state index < -0.39 is 41.6 Å². The second-order valence-electron chi connectivity index (χ2n) is 16.9. The van der Waals surface area contributed by atoms with Crippen molar-refractivity contribution in [2.24, 2.45) is 5.92 Å². The van der Waals surface area contributed by atoms with Gasteiger partial charge in [0.1, 0.15) is 23.7 Å². The molecule has 342 valence electrons. The average molecular weight is 932 g/mol. The van der Waals surface area contributed by atoms with Gasteiger partial charge in [-0.15, -0.1) is 0 Å². The number of imide groups is 2. The standard InChI is InChI=1S/C46H49Cl2FN8O8/c1-26(39-32(47)11-12-33(49)41(39)48)65-36-20-27(21-51-42(36)50)28-22-52-56(25-28)30-15-17-54(18-16-30)44(61)29-23-55(24-29)38(59)10-5-3-2-4-6-19-64-35-9-7-8-31-40(35)46(63)57(45(31)62)34-13-14-37(58)53-43(34)60/h7-9,11-12,20-22,25-26,29-30,34H,2-6,10,13-19,23-24H2,1H3,(H2,50,51)(H,53,58,60)/t26-,34?/m1/s1. The Morgan fingerprint density at radius 1 is 0.923 bits per heavy atom. The Hall–Kier alpha value is -6.07. The van der Waals surface area contributed by atoms with Crippen molar-refractivity contribution in [1.82, 2.24) is 34.8 Å². The molecule has 4 aliphatic heterocycles. The van der Waals surface area contributed by atoms with Crippen molar-refractivity contribution in [3.05, 3.63) is 87.5 Å². The number of unbranched alkanes of at least 4 members (excludes halogenated alkanes) is 4. The fourth-order valence-corrected chi connectivity index (χ4v) is 9.54. The molecule has 0 radical (unpaired) electrons. The number of nitrogen functional groups attached to an aromatic ring is 1. The fourth-order valence-electron chi connectivity index (χ4n) is 8.86. The molecule has 0 spiro atoms. The molecule has 0 saturated carbocycles. The molecule has 0 bridgehead atoms. The summed E-state index contributed by atoms with van der Waals surface area (Å²) in [5.41, 5.74) is 8.27. The second kappa shape index (κ2) is 19.6. The minimum absolute atomic E-state index is 0.0461. The van der Waals surface area contributed by atoms with E-state index in [1.165, 1.54) is 18.2 Å². The zero-order chi connectivity index (χ0) is 45.9. The lowest BCUT2D eigenvalue weighted by atomic mass is 9.95. The molecule has 2 atom stereocenters. The summed E-state index contributed by atoms with van der Waals surface area (Å²) in [5, 5.41) is 6.96. The first kappa shape index (κ1) is 45.5. The number of pyridine rings is 1. The number of nitrogens with one attached hydrogen (secondary N) is 1. The number of piperidine rings is 2. The van der Waals surface area contributed by atoms with E-state index in [1.54, 1.807) is 42.4 Å². The maximum Gasteiger partial charge on any atom is 0.266 e. The van der Waals surface area contributed by atoms with Crippen LogP contribution in [0.3, 0.4) is 0 Å². The number of hydrogen-bond acceptors (Lipinski definition) is 11. The number of nitrogens with two attached hydrogens (primary N) is 1. The molecular weight excluding hydrogens is 882 g/mol. The van der Waals surface area contributed by atoms with Gasteiger partial charge in [0.15, 0.2) is 11.6 Å². The number of ether oxygens (including phenoxy) is 2. The Bertz CT molecular complexity index is 2520. The Morgan fingerprint density at radius 3 is 2.45 bits per heavy atom.